The maximum atomic E-state index is 12.4. The minimum Gasteiger partial charge on any atom is -0.332 e. The van der Waals surface area contributed by atoms with Crippen molar-refractivity contribution < 1.29 is 8.42 Å². The van der Waals surface area contributed by atoms with Gasteiger partial charge in [0.25, 0.3) is 10.0 Å². The third-order valence-corrected chi connectivity index (χ3v) is 6.21. The molecule has 2 rings (SSSR count). The van der Waals surface area contributed by atoms with Crippen molar-refractivity contribution in [3.05, 3.63) is 12.0 Å². The van der Waals surface area contributed by atoms with E-state index >= 15 is 0 Å². The normalized spacial score (nSPS) is 19.5. The second-order valence-corrected chi connectivity index (χ2v) is 7.34. The van der Waals surface area contributed by atoms with E-state index in [1.165, 1.54) is 12.6 Å². The van der Waals surface area contributed by atoms with Gasteiger partial charge in [-0.1, -0.05) is 42.1 Å². The van der Waals surface area contributed by atoms with Crippen LogP contribution in [0.25, 0.3) is 0 Å². The van der Waals surface area contributed by atoms with Crippen LogP contribution in [0.1, 0.15) is 44.9 Å². The molecule has 1 aromatic heterocycles. The average molecular weight is 350 g/mol. The van der Waals surface area contributed by atoms with Crippen molar-refractivity contribution in [1.82, 2.24) is 14.7 Å². The first-order chi connectivity index (χ1) is 9.01. The molecule has 1 saturated carbocycles. The molecule has 1 aliphatic rings. The summed E-state index contributed by atoms with van der Waals surface area (Å²) in [6, 6.07) is 0. The Bertz CT molecular complexity index is 521. The number of H-pyrrole nitrogens is 1. The van der Waals surface area contributed by atoms with Crippen LogP contribution in [-0.4, -0.2) is 29.3 Å². The molecule has 0 radical (unpaired) electrons. The highest BCUT2D eigenvalue weighted by molar-refractivity contribution is 9.09. The van der Waals surface area contributed by atoms with Crippen molar-refractivity contribution >= 4 is 26.0 Å². The van der Waals surface area contributed by atoms with Crippen molar-refractivity contribution in [2.75, 3.05) is 5.33 Å². The summed E-state index contributed by atoms with van der Waals surface area (Å²) in [6.07, 6.45) is 7.17. The Morgan fingerprint density at radius 3 is 2.63 bits per heavy atom. The predicted octanol–water partition coefficient (Wildman–Crippen LogP) is 2.35. The van der Waals surface area contributed by atoms with Gasteiger partial charge < -0.3 is 4.98 Å². The van der Waals surface area contributed by atoms with Crippen LogP contribution in [0.15, 0.2) is 11.2 Å². The summed E-state index contributed by atoms with van der Waals surface area (Å²) in [5.74, 6) is 0.692. The zero-order chi connectivity index (χ0) is 13.9. The monoisotopic (exact) mass is 349 g/mol. The lowest BCUT2D eigenvalue weighted by molar-refractivity contribution is 0.301. The van der Waals surface area contributed by atoms with Gasteiger partial charge in [0.15, 0.2) is 5.03 Å². The van der Waals surface area contributed by atoms with E-state index in [1.54, 1.807) is 0 Å². The highest BCUT2D eigenvalue weighted by atomic mass is 79.9. The van der Waals surface area contributed by atoms with Gasteiger partial charge in [-0.3, -0.25) is 0 Å². The molecule has 0 atom stereocenters. The zero-order valence-electron chi connectivity index (χ0n) is 11.1. The van der Waals surface area contributed by atoms with Crippen LogP contribution in [0.3, 0.4) is 0 Å². The molecule has 0 unspecified atom stereocenters. The Hall–Kier alpha value is -0.400. The molecule has 7 heteroatoms. The smallest absolute Gasteiger partial charge is 0.258 e. The SMILES string of the molecule is CCc1ncc(S(=O)(=O)NC2(CBr)CCCCC2)[nH]1. The lowest BCUT2D eigenvalue weighted by Crippen LogP contribution is -2.51. The van der Waals surface area contributed by atoms with Crippen molar-refractivity contribution in [1.29, 1.82) is 0 Å². The molecule has 1 aromatic rings. The van der Waals surface area contributed by atoms with Crippen LogP contribution in [0.2, 0.25) is 0 Å². The number of halogens is 1. The van der Waals surface area contributed by atoms with Gasteiger partial charge in [0, 0.05) is 17.3 Å². The minimum absolute atomic E-state index is 0.162. The molecule has 1 heterocycles. The molecular formula is C12H20BrN3O2S. The molecule has 0 amide bonds. The van der Waals surface area contributed by atoms with E-state index in [1.807, 2.05) is 6.92 Å². The van der Waals surface area contributed by atoms with Crippen LogP contribution in [0.5, 0.6) is 0 Å². The van der Waals surface area contributed by atoms with E-state index in [-0.39, 0.29) is 10.6 Å². The van der Waals surface area contributed by atoms with E-state index in [0.29, 0.717) is 17.6 Å². The molecule has 0 bridgehead atoms. The summed E-state index contributed by atoms with van der Waals surface area (Å²) >= 11 is 3.46. The predicted molar refractivity (Wildman–Crippen MR) is 77.9 cm³/mol. The van der Waals surface area contributed by atoms with Crippen molar-refractivity contribution in [2.45, 2.75) is 56.0 Å². The highest BCUT2D eigenvalue weighted by Gasteiger charge is 2.36. The van der Waals surface area contributed by atoms with Gasteiger partial charge in [-0.25, -0.2) is 18.1 Å². The lowest BCUT2D eigenvalue weighted by Gasteiger charge is -2.35. The lowest BCUT2D eigenvalue weighted by atomic mass is 9.84. The van der Waals surface area contributed by atoms with Crippen LogP contribution >= 0.6 is 15.9 Å². The first kappa shape index (κ1) is 15.0. The van der Waals surface area contributed by atoms with Crippen LogP contribution in [0, 0.1) is 0 Å². The third kappa shape index (κ3) is 3.38. The van der Waals surface area contributed by atoms with E-state index < -0.39 is 10.0 Å². The summed E-state index contributed by atoms with van der Waals surface area (Å²) in [5, 5.41) is 0.809. The molecular weight excluding hydrogens is 330 g/mol. The van der Waals surface area contributed by atoms with Gasteiger partial charge in [-0.2, -0.15) is 0 Å². The van der Waals surface area contributed by atoms with Crippen molar-refractivity contribution in [2.24, 2.45) is 0 Å². The fourth-order valence-corrected chi connectivity index (χ4v) is 4.78. The number of aromatic nitrogens is 2. The molecule has 5 nitrogen and oxygen atoms in total. The molecule has 1 fully saturated rings. The number of imidazole rings is 1. The molecule has 0 aliphatic heterocycles. The van der Waals surface area contributed by atoms with E-state index in [0.717, 1.165) is 25.7 Å². The first-order valence-electron chi connectivity index (χ1n) is 6.65. The quantitative estimate of drug-likeness (QED) is 0.801. The Kier molecular flexibility index (Phi) is 4.68. The number of aryl methyl sites for hydroxylation is 1. The summed E-state index contributed by atoms with van der Waals surface area (Å²) in [7, 11) is -3.52. The van der Waals surface area contributed by atoms with Crippen LogP contribution < -0.4 is 4.72 Å². The zero-order valence-corrected chi connectivity index (χ0v) is 13.5. The number of nitrogens with one attached hydrogen (secondary N) is 2. The molecule has 0 spiro atoms. The molecule has 0 aromatic carbocycles. The summed E-state index contributed by atoms with van der Waals surface area (Å²) < 4.78 is 27.6. The van der Waals surface area contributed by atoms with Gasteiger partial charge in [0.05, 0.1) is 6.20 Å². The number of hydrogen-bond donors (Lipinski definition) is 2. The maximum Gasteiger partial charge on any atom is 0.258 e. The van der Waals surface area contributed by atoms with Crippen LogP contribution in [0.4, 0.5) is 0 Å². The van der Waals surface area contributed by atoms with Gasteiger partial charge in [0.2, 0.25) is 0 Å². The Morgan fingerprint density at radius 2 is 2.11 bits per heavy atom. The highest BCUT2D eigenvalue weighted by Crippen LogP contribution is 2.31. The van der Waals surface area contributed by atoms with Gasteiger partial charge in [-0.05, 0) is 12.8 Å². The number of rotatable bonds is 5. The van der Waals surface area contributed by atoms with E-state index in [4.69, 9.17) is 0 Å². The van der Waals surface area contributed by atoms with Gasteiger partial charge >= 0.3 is 0 Å². The molecule has 2 N–H and O–H groups in total. The Morgan fingerprint density at radius 1 is 1.42 bits per heavy atom. The number of sulfonamides is 1. The maximum absolute atomic E-state index is 12.4. The number of alkyl halides is 1. The second kappa shape index (κ2) is 5.93. The molecule has 19 heavy (non-hydrogen) atoms. The topological polar surface area (TPSA) is 74.8 Å². The summed E-state index contributed by atoms with van der Waals surface area (Å²) in [4.78, 5) is 6.91. The van der Waals surface area contributed by atoms with Gasteiger partial charge in [0.1, 0.15) is 5.82 Å². The van der Waals surface area contributed by atoms with Gasteiger partial charge in [-0.15, -0.1) is 0 Å². The molecule has 108 valence electrons. The molecule has 0 saturated heterocycles. The first-order valence-corrected chi connectivity index (χ1v) is 9.26. The standard InChI is InChI=1S/C12H20BrN3O2S/c1-2-10-14-8-11(15-10)19(17,18)16-12(9-13)6-4-3-5-7-12/h8,16H,2-7,9H2,1H3,(H,14,15). The fourth-order valence-electron chi connectivity index (χ4n) is 2.49. The minimum atomic E-state index is -3.52. The number of hydrogen-bond acceptors (Lipinski definition) is 3. The van der Waals surface area contributed by atoms with Crippen molar-refractivity contribution in [3.63, 3.8) is 0 Å². The number of nitrogens with zero attached hydrogens (tertiary/aromatic N) is 1. The second-order valence-electron chi connectivity index (χ2n) is 5.13. The van der Waals surface area contributed by atoms with Crippen molar-refractivity contribution in [3.8, 4) is 0 Å². The van der Waals surface area contributed by atoms with E-state index in [2.05, 4.69) is 30.6 Å². The third-order valence-electron chi connectivity index (χ3n) is 3.65. The van der Waals surface area contributed by atoms with Crippen LogP contribution in [-0.2, 0) is 16.4 Å². The fraction of sp³-hybridized carbons (Fsp3) is 0.750. The summed E-state index contributed by atoms with van der Waals surface area (Å²) in [5.41, 5.74) is -0.353. The largest absolute Gasteiger partial charge is 0.332 e. The van der Waals surface area contributed by atoms with E-state index in [9.17, 15) is 8.42 Å². The summed E-state index contributed by atoms with van der Waals surface area (Å²) in [6.45, 7) is 1.93. The Labute approximate surface area is 122 Å². The molecule has 1 aliphatic carbocycles. The Balaban J connectivity index is 2.19. The number of aromatic amines is 1. The average Bonchev–Trinajstić information content (AvgIpc) is 2.89.